The van der Waals surface area contributed by atoms with Gasteiger partial charge in [-0.3, -0.25) is 0 Å². The van der Waals surface area contributed by atoms with Crippen molar-refractivity contribution in [2.45, 2.75) is 57.8 Å². The molecule has 0 spiro atoms. The van der Waals surface area contributed by atoms with E-state index < -0.39 is 0 Å². The van der Waals surface area contributed by atoms with Crippen molar-refractivity contribution in [1.82, 2.24) is 0 Å². The lowest BCUT2D eigenvalue weighted by Gasteiger charge is -2.29. The summed E-state index contributed by atoms with van der Waals surface area (Å²) in [5.41, 5.74) is 22.6. The van der Waals surface area contributed by atoms with Gasteiger partial charge in [0.2, 0.25) is 0 Å². The molecule has 340 valence electrons. The smallest absolute Gasteiger partial charge is 0.135 e. The van der Waals surface area contributed by atoms with Gasteiger partial charge in [0.15, 0.2) is 0 Å². The van der Waals surface area contributed by atoms with E-state index in [-0.39, 0.29) is 10.8 Å². The molecule has 14 rings (SSSR count). The third kappa shape index (κ3) is 6.33. The Morgan fingerprint density at radius 2 is 0.986 bits per heavy atom. The lowest BCUT2D eigenvalue weighted by atomic mass is 9.75. The molecule has 0 fully saturated rings. The molecule has 3 aliphatic carbocycles. The zero-order valence-corrected chi connectivity index (χ0v) is 40.6. The van der Waals surface area contributed by atoms with Crippen LogP contribution in [0.2, 0.25) is 0 Å². The second kappa shape index (κ2) is 15.4. The number of hydrogen-bond acceptors (Lipinski definition) is 2. The van der Waals surface area contributed by atoms with E-state index in [9.17, 15) is 0 Å². The molecule has 9 aromatic carbocycles. The van der Waals surface area contributed by atoms with E-state index in [2.05, 4.69) is 228 Å². The molecule has 2 heterocycles. The third-order valence-corrected chi connectivity index (χ3v) is 16.5. The predicted octanol–water partition coefficient (Wildman–Crippen LogP) is 19.2. The minimum Gasteiger partial charge on any atom is -0.456 e. The van der Waals surface area contributed by atoms with Crippen molar-refractivity contribution in [3.8, 4) is 33.4 Å². The van der Waals surface area contributed by atoms with Crippen LogP contribution in [0.4, 0.5) is 0 Å². The molecule has 2 aromatic heterocycles. The summed E-state index contributed by atoms with van der Waals surface area (Å²) in [6, 6.07) is 61.1. The van der Waals surface area contributed by atoms with Gasteiger partial charge < -0.3 is 8.83 Å². The molecule has 0 amide bonds. The zero-order chi connectivity index (χ0) is 47.8. The van der Waals surface area contributed by atoms with Crippen molar-refractivity contribution in [2.24, 2.45) is 0 Å². The highest BCUT2D eigenvalue weighted by Gasteiger charge is 2.38. The molecule has 0 aliphatic heterocycles. The van der Waals surface area contributed by atoms with Gasteiger partial charge in [0.1, 0.15) is 22.3 Å². The molecule has 0 unspecified atom stereocenters. The molecule has 2 nitrogen and oxygen atoms in total. The van der Waals surface area contributed by atoms with Crippen LogP contribution in [0.15, 0.2) is 221 Å². The quantitative estimate of drug-likeness (QED) is 0.164. The summed E-state index contributed by atoms with van der Waals surface area (Å²) in [4.78, 5) is 0. The molecule has 0 N–H and O–H groups in total. The number of para-hydroxylation sites is 2. The molecule has 0 saturated carbocycles. The van der Waals surface area contributed by atoms with Crippen LogP contribution in [-0.4, -0.2) is 0 Å². The highest BCUT2D eigenvalue weighted by Crippen LogP contribution is 2.53. The van der Waals surface area contributed by atoms with E-state index in [1.165, 1.54) is 93.9 Å². The Bertz CT molecular complexity index is 4260. The number of rotatable bonds is 4. The number of benzene rings is 9. The summed E-state index contributed by atoms with van der Waals surface area (Å²) < 4.78 is 12.9. The van der Waals surface area contributed by atoms with Crippen LogP contribution >= 0.6 is 0 Å². The Hall–Kier alpha value is -8.20. The van der Waals surface area contributed by atoms with Gasteiger partial charge in [0, 0.05) is 32.4 Å². The van der Waals surface area contributed by atoms with Crippen LogP contribution in [0, 0.1) is 0 Å². The molecule has 71 heavy (non-hydrogen) atoms. The molecule has 11 aromatic rings. The SMILES string of the molecule is C=C1/C=C\C=C/Cc2ccc(-c3ccc4c(-c5ccc6oc7ccccc7c6c5)c5cc(C6=CC7=C(CC6)c6ccccc6C7(C)C)ccc5c(-c5ccc6oc7ccccc7c6c5)c4c3)cc2C1(C)C. The van der Waals surface area contributed by atoms with Gasteiger partial charge in [-0.05, 0) is 179 Å². The summed E-state index contributed by atoms with van der Waals surface area (Å²) in [5, 5.41) is 9.35. The van der Waals surface area contributed by atoms with Gasteiger partial charge in [0.05, 0.1) is 0 Å². The maximum Gasteiger partial charge on any atom is 0.135 e. The van der Waals surface area contributed by atoms with E-state index in [4.69, 9.17) is 8.83 Å². The van der Waals surface area contributed by atoms with Crippen molar-refractivity contribution in [1.29, 1.82) is 0 Å². The van der Waals surface area contributed by atoms with Gasteiger partial charge in [-0.2, -0.15) is 0 Å². The largest absolute Gasteiger partial charge is 0.456 e. The second-order valence-corrected chi connectivity index (χ2v) is 21.1. The standard InChI is InChI=1S/C69H52O2/c1-41-15-7-6-8-16-42-23-24-45(39-60(42)68(41,2)3)43-26-31-53-57(35-43)66(47-28-33-64-55(37-47)51-18-10-13-21-62(51)70-64)54-32-27-44(46-25-30-50-49-17-9-12-20-59(49)69(4,5)61(50)40-46)36-58(54)67(53)48-29-34-65-56(38-48)52-19-11-14-22-63(52)71-65/h6-15,17-24,26-29,31-40H,1,16,25,30H2,2-5H3/b8-6-,15-7-. The van der Waals surface area contributed by atoms with Crippen LogP contribution in [0.1, 0.15) is 68.4 Å². The van der Waals surface area contributed by atoms with Crippen molar-refractivity contribution in [3.63, 3.8) is 0 Å². The number of allylic oxidation sites excluding steroid dienone is 9. The Labute approximate surface area is 414 Å². The maximum atomic E-state index is 6.44. The average Bonchev–Trinajstić information content (AvgIpc) is 4.04. The molecule has 0 saturated heterocycles. The molecular formula is C69H52O2. The lowest BCUT2D eigenvalue weighted by Crippen LogP contribution is -2.20. The molecule has 0 bridgehead atoms. The molecule has 0 atom stereocenters. The predicted molar refractivity (Wildman–Crippen MR) is 300 cm³/mol. The van der Waals surface area contributed by atoms with Crippen LogP contribution in [0.5, 0.6) is 0 Å². The van der Waals surface area contributed by atoms with Crippen molar-refractivity contribution in [2.75, 3.05) is 0 Å². The van der Waals surface area contributed by atoms with Crippen molar-refractivity contribution in [3.05, 3.63) is 240 Å². The van der Waals surface area contributed by atoms with Crippen LogP contribution in [-0.2, 0) is 17.3 Å². The van der Waals surface area contributed by atoms with E-state index in [1.54, 1.807) is 0 Å². The number of fused-ring (bicyclic) bond motifs is 11. The summed E-state index contributed by atoms with van der Waals surface area (Å²) in [5.74, 6) is 0. The van der Waals surface area contributed by atoms with Gasteiger partial charge in [-0.25, -0.2) is 0 Å². The fraction of sp³-hybridized carbons (Fsp3) is 0.130. The maximum absolute atomic E-state index is 6.44. The topological polar surface area (TPSA) is 26.3 Å². The Balaban J connectivity index is 1.06. The summed E-state index contributed by atoms with van der Waals surface area (Å²) >= 11 is 0. The van der Waals surface area contributed by atoms with Crippen LogP contribution in [0.3, 0.4) is 0 Å². The lowest BCUT2D eigenvalue weighted by molar-refractivity contribution is 0.635. The van der Waals surface area contributed by atoms with E-state index in [1.807, 2.05) is 0 Å². The summed E-state index contributed by atoms with van der Waals surface area (Å²) in [6.45, 7) is 14.0. The number of hydrogen-bond donors (Lipinski definition) is 0. The average molecular weight is 913 g/mol. The monoisotopic (exact) mass is 912 g/mol. The minimum absolute atomic E-state index is 0.0624. The first kappa shape index (κ1) is 41.7. The first-order valence-electron chi connectivity index (χ1n) is 25.2. The number of furan rings is 2. The Morgan fingerprint density at radius 3 is 1.68 bits per heavy atom. The van der Waals surface area contributed by atoms with Gasteiger partial charge in [-0.15, -0.1) is 0 Å². The van der Waals surface area contributed by atoms with Crippen LogP contribution < -0.4 is 0 Å². The fourth-order valence-electron chi connectivity index (χ4n) is 12.6. The normalized spacial score (nSPS) is 17.1. The first-order valence-corrected chi connectivity index (χ1v) is 25.2. The van der Waals surface area contributed by atoms with Gasteiger partial charge in [0.25, 0.3) is 0 Å². The molecule has 0 radical (unpaired) electrons. The van der Waals surface area contributed by atoms with Crippen LogP contribution in [0.25, 0.3) is 110 Å². The van der Waals surface area contributed by atoms with E-state index in [0.717, 1.165) is 74.3 Å². The Morgan fingerprint density at radius 1 is 0.437 bits per heavy atom. The first-order chi connectivity index (χ1) is 34.6. The van der Waals surface area contributed by atoms with Crippen molar-refractivity contribution < 1.29 is 8.83 Å². The summed E-state index contributed by atoms with van der Waals surface area (Å²) in [7, 11) is 0. The van der Waals surface area contributed by atoms with Crippen molar-refractivity contribution >= 4 is 76.6 Å². The van der Waals surface area contributed by atoms with E-state index in [0.29, 0.717) is 0 Å². The highest BCUT2D eigenvalue weighted by molar-refractivity contribution is 6.24. The molecule has 3 aliphatic rings. The summed E-state index contributed by atoms with van der Waals surface area (Å²) in [6.07, 6.45) is 14.1. The van der Waals surface area contributed by atoms with Gasteiger partial charge >= 0.3 is 0 Å². The van der Waals surface area contributed by atoms with E-state index >= 15 is 0 Å². The molecule has 2 heteroatoms. The fourth-order valence-corrected chi connectivity index (χ4v) is 12.6. The van der Waals surface area contributed by atoms with Gasteiger partial charge in [-0.1, -0.05) is 174 Å². The highest BCUT2D eigenvalue weighted by atomic mass is 16.3. The zero-order valence-electron chi connectivity index (χ0n) is 40.6. The third-order valence-electron chi connectivity index (χ3n) is 16.5. The second-order valence-electron chi connectivity index (χ2n) is 21.1. The minimum atomic E-state index is -0.251. The Kier molecular flexibility index (Phi) is 9.05. The molecular weight excluding hydrogens is 861 g/mol.